The largest absolute Gasteiger partial charge is 0.393 e. The lowest BCUT2D eigenvalue weighted by Gasteiger charge is -2.46. The molecule has 1 aromatic rings. The Labute approximate surface area is 147 Å². The van der Waals surface area contributed by atoms with Crippen LogP contribution in [-0.4, -0.2) is 56.4 Å². The molecule has 0 bridgehead atoms. The highest BCUT2D eigenvalue weighted by Gasteiger charge is 2.48. The van der Waals surface area contributed by atoms with Crippen LogP contribution in [0.1, 0.15) is 44.1 Å². The maximum absolute atomic E-state index is 12.5. The highest BCUT2D eigenvalue weighted by Crippen LogP contribution is 2.41. The van der Waals surface area contributed by atoms with Gasteiger partial charge in [0.1, 0.15) is 0 Å². The Hall–Kier alpha value is -1.95. The second kappa shape index (κ2) is 6.41. The molecule has 0 radical (unpaired) electrons. The predicted molar refractivity (Wildman–Crippen MR) is 91.3 cm³/mol. The van der Waals surface area contributed by atoms with Gasteiger partial charge in [-0.3, -0.25) is 14.6 Å². The number of rotatable bonds is 3. The van der Waals surface area contributed by atoms with Gasteiger partial charge in [-0.1, -0.05) is 6.07 Å². The van der Waals surface area contributed by atoms with Crippen molar-refractivity contribution in [3.63, 3.8) is 0 Å². The number of amides is 2. The zero-order valence-electron chi connectivity index (χ0n) is 14.4. The predicted octanol–water partition coefficient (Wildman–Crippen LogP) is 1.34. The third-order valence-corrected chi connectivity index (χ3v) is 6.21. The fourth-order valence-electron chi connectivity index (χ4n) is 4.52. The van der Waals surface area contributed by atoms with Crippen molar-refractivity contribution in [1.82, 2.24) is 14.8 Å². The van der Waals surface area contributed by atoms with Gasteiger partial charge in [0.05, 0.1) is 6.10 Å². The minimum absolute atomic E-state index is 0.000700. The van der Waals surface area contributed by atoms with E-state index in [2.05, 4.69) is 4.98 Å². The van der Waals surface area contributed by atoms with Gasteiger partial charge in [0.25, 0.3) is 0 Å². The Morgan fingerprint density at radius 2 is 2.04 bits per heavy atom. The van der Waals surface area contributed by atoms with Crippen LogP contribution >= 0.6 is 0 Å². The van der Waals surface area contributed by atoms with E-state index in [9.17, 15) is 14.7 Å². The summed E-state index contributed by atoms with van der Waals surface area (Å²) >= 11 is 0. The molecule has 3 heterocycles. The van der Waals surface area contributed by atoms with Crippen molar-refractivity contribution >= 4 is 11.8 Å². The maximum atomic E-state index is 12.5. The number of aromatic nitrogens is 1. The number of aliphatic hydroxyl groups excluding tert-OH is 1. The van der Waals surface area contributed by atoms with Crippen molar-refractivity contribution in [3.05, 3.63) is 30.1 Å². The van der Waals surface area contributed by atoms with Crippen LogP contribution in [0.25, 0.3) is 0 Å². The van der Waals surface area contributed by atoms with Crippen molar-refractivity contribution in [3.8, 4) is 0 Å². The molecule has 6 heteroatoms. The van der Waals surface area contributed by atoms with Gasteiger partial charge in [-0.2, -0.15) is 0 Å². The van der Waals surface area contributed by atoms with Gasteiger partial charge in [-0.05, 0) is 43.7 Å². The Morgan fingerprint density at radius 3 is 2.68 bits per heavy atom. The highest BCUT2D eigenvalue weighted by atomic mass is 16.3. The second-order valence-corrected chi connectivity index (χ2v) is 7.71. The molecule has 2 saturated heterocycles. The number of carbonyl (C=O) groups is 2. The fraction of sp³-hybridized carbons (Fsp3) is 0.632. The summed E-state index contributed by atoms with van der Waals surface area (Å²) < 4.78 is 0. The van der Waals surface area contributed by atoms with Crippen LogP contribution in [0.4, 0.5) is 0 Å². The summed E-state index contributed by atoms with van der Waals surface area (Å²) in [7, 11) is 0. The first-order valence-electron chi connectivity index (χ1n) is 9.24. The first-order chi connectivity index (χ1) is 12.1. The molecule has 25 heavy (non-hydrogen) atoms. The Kier molecular flexibility index (Phi) is 4.23. The van der Waals surface area contributed by atoms with E-state index >= 15 is 0 Å². The minimum Gasteiger partial charge on any atom is -0.393 e. The molecule has 134 valence electrons. The van der Waals surface area contributed by atoms with Crippen molar-refractivity contribution in [2.24, 2.45) is 5.92 Å². The van der Waals surface area contributed by atoms with E-state index in [0.717, 1.165) is 24.8 Å². The summed E-state index contributed by atoms with van der Waals surface area (Å²) in [4.78, 5) is 33.1. The van der Waals surface area contributed by atoms with E-state index in [1.54, 1.807) is 6.20 Å². The van der Waals surface area contributed by atoms with Gasteiger partial charge < -0.3 is 14.9 Å². The van der Waals surface area contributed by atoms with Crippen LogP contribution in [0.5, 0.6) is 0 Å². The summed E-state index contributed by atoms with van der Waals surface area (Å²) in [6, 6.07) is 3.91. The zero-order valence-corrected chi connectivity index (χ0v) is 14.4. The Morgan fingerprint density at radius 1 is 1.28 bits per heavy atom. The summed E-state index contributed by atoms with van der Waals surface area (Å²) in [6.45, 7) is 2.03. The van der Waals surface area contributed by atoms with Gasteiger partial charge in [0.15, 0.2) is 0 Å². The number of nitrogens with zero attached hydrogens (tertiary/aromatic N) is 3. The molecular weight excluding hydrogens is 318 g/mol. The van der Waals surface area contributed by atoms with Gasteiger partial charge in [0, 0.05) is 49.9 Å². The van der Waals surface area contributed by atoms with E-state index in [1.165, 1.54) is 0 Å². The van der Waals surface area contributed by atoms with E-state index in [0.29, 0.717) is 38.9 Å². The number of likely N-dealkylation sites (tertiary alicyclic amines) is 2. The topological polar surface area (TPSA) is 73.7 Å². The molecule has 1 aromatic heterocycles. The number of hydrogen-bond donors (Lipinski definition) is 1. The number of pyridine rings is 1. The second-order valence-electron chi connectivity index (χ2n) is 7.71. The van der Waals surface area contributed by atoms with Crippen LogP contribution in [0.15, 0.2) is 24.5 Å². The average Bonchev–Trinajstić information content (AvgIpc) is 2.90. The van der Waals surface area contributed by atoms with Crippen LogP contribution in [0.2, 0.25) is 0 Å². The van der Waals surface area contributed by atoms with Crippen LogP contribution in [0, 0.1) is 5.92 Å². The molecule has 3 aliphatic rings. The molecular formula is C19H25N3O3. The van der Waals surface area contributed by atoms with E-state index in [4.69, 9.17) is 0 Å². The lowest BCUT2D eigenvalue weighted by atomic mass is 9.79. The van der Waals surface area contributed by atoms with E-state index < -0.39 is 0 Å². The highest BCUT2D eigenvalue weighted by molar-refractivity contribution is 5.81. The molecule has 2 amide bonds. The molecule has 4 rings (SSSR count). The molecule has 2 aliphatic heterocycles. The van der Waals surface area contributed by atoms with Crippen molar-refractivity contribution in [2.45, 2.75) is 56.7 Å². The van der Waals surface area contributed by atoms with Crippen LogP contribution < -0.4 is 0 Å². The number of aliphatic hydroxyl groups is 1. The van der Waals surface area contributed by atoms with E-state index in [1.807, 2.05) is 28.1 Å². The normalized spacial score (nSPS) is 28.3. The van der Waals surface area contributed by atoms with Gasteiger partial charge in [0.2, 0.25) is 11.8 Å². The fourth-order valence-corrected chi connectivity index (χ4v) is 4.52. The smallest absolute Gasteiger partial charge is 0.225 e. The van der Waals surface area contributed by atoms with E-state index in [-0.39, 0.29) is 29.4 Å². The van der Waals surface area contributed by atoms with Gasteiger partial charge >= 0.3 is 0 Å². The molecule has 1 N–H and O–H groups in total. The van der Waals surface area contributed by atoms with Crippen molar-refractivity contribution in [2.75, 3.05) is 13.1 Å². The van der Waals surface area contributed by atoms with Crippen LogP contribution in [-0.2, 0) is 16.1 Å². The molecule has 1 spiro atoms. The number of piperidine rings is 1. The Balaban J connectivity index is 1.41. The lowest BCUT2D eigenvalue weighted by Crippen LogP contribution is -2.55. The monoisotopic (exact) mass is 343 g/mol. The Bertz CT molecular complexity index is 649. The quantitative estimate of drug-likeness (QED) is 0.899. The number of hydrogen-bond acceptors (Lipinski definition) is 4. The first kappa shape index (κ1) is 16.5. The van der Waals surface area contributed by atoms with Gasteiger partial charge in [-0.15, -0.1) is 0 Å². The van der Waals surface area contributed by atoms with Crippen molar-refractivity contribution in [1.29, 1.82) is 0 Å². The average molecular weight is 343 g/mol. The summed E-state index contributed by atoms with van der Waals surface area (Å²) in [5, 5.41) is 9.42. The zero-order chi connectivity index (χ0) is 17.4. The lowest BCUT2D eigenvalue weighted by molar-refractivity contribution is -0.145. The molecule has 1 aliphatic carbocycles. The molecule has 0 aromatic carbocycles. The summed E-state index contributed by atoms with van der Waals surface area (Å²) in [5.41, 5.74) is 0.946. The standard InChI is InChI=1S/C19H25N3O3/c23-16-10-15(11-16)18(25)21-8-5-19(6-9-21)4-3-17(24)22(19)13-14-2-1-7-20-12-14/h1-2,7,12,15-16,23H,3-6,8-11,13H2. The third kappa shape index (κ3) is 3.03. The number of carbonyl (C=O) groups excluding carboxylic acids is 2. The maximum Gasteiger partial charge on any atom is 0.225 e. The molecule has 6 nitrogen and oxygen atoms in total. The summed E-state index contributed by atoms with van der Waals surface area (Å²) in [5.74, 6) is 0.398. The minimum atomic E-state index is -0.299. The third-order valence-electron chi connectivity index (χ3n) is 6.21. The summed E-state index contributed by atoms with van der Waals surface area (Å²) in [6.07, 6.45) is 7.65. The first-order valence-corrected chi connectivity index (χ1v) is 9.24. The SMILES string of the molecule is O=C(C1CC(O)C1)N1CCC2(CCC(=O)N2Cc2cccnc2)CC1. The van der Waals surface area contributed by atoms with Gasteiger partial charge in [-0.25, -0.2) is 0 Å². The molecule has 3 fully saturated rings. The van der Waals surface area contributed by atoms with Crippen molar-refractivity contribution < 1.29 is 14.7 Å². The van der Waals surface area contributed by atoms with Crippen LogP contribution in [0.3, 0.4) is 0 Å². The molecule has 0 unspecified atom stereocenters. The molecule has 0 atom stereocenters. The molecule has 1 saturated carbocycles.